The monoisotopic (exact) mass is 254 g/mol. The SMILES string of the molecule is CCCN1CCN(CC2CCCCCC2O)CC1. The van der Waals surface area contributed by atoms with E-state index in [1.807, 2.05) is 0 Å². The van der Waals surface area contributed by atoms with Crippen molar-refractivity contribution >= 4 is 0 Å². The fraction of sp³-hybridized carbons (Fsp3) is 1.00. The Morgan fingerprint density at radius 3 is 2.33 bits per heavy atom. The average Bonchev–Trinajstić information content (AvgIpc) is 2.58. The highest BCUT2D eigenvalue weighted by atomic mass is 16.3. The first-order valence-corrected chi connectivity index (χ1v) is 7.92. The lowest BCUT2D eigenvalue weighted by atomic mass is 9.96. The van der Waals surface area contributed by atoms with Crippen molar-refractivity contribution in [3.63, 3.8) is 0 Å². The minimum atomic E-state index is -0.0406. The van der Waals surface area contributed by atoms with Crippen LogP contribution in [0.5, 0.6) is 0 Å². The molecule has 1 aliphatic heterocycles. The van der Waals surface area contributed by atoms with Crippen LogP contribution < -0.4 is 0 Å². The lowest BCUT2D eigenvalue weighted by Crippen LogP contribution is -2.48. The lowest BCUT2D eigenvalue weighted by molar-refractivity contribution is 0.0539. The molecule has 0 amide bonds. The quantitative estimate of drug-likeness (QED) is 0.777. The zero-order chi connectivity index (χ0) is 12.8. The molecule has 0 spiro atoms. The molecular formula is C15H30N2O. The third kappa shape index (κ3) is 4.22. The van der Waals surface area contributed by atoms with E-state index in [9.17, 15) is 5.11 Å². The van der Waals surface area contributed by atoms with Crippen LogP contribution in [0.2, 0.25) is 0 Å². The minimum Gasteiger partial charge on any atom is -0.393 e. The van der Waals surface area contributed by atoms with E-state index in [1.54, 1.807) is 0 Å². The van der Waals surface area contributed by atoms with E-state index in [2.05, 4.69) is 16.7 Å². The molecule has 0 aromatic rings. The van der Waals surface area contributed by atoms with Crippen LogP contribution in [0, 0.1) is 5.92 Å². The highest BCUT2D eigenvalue weighted by molar-refractivity contribution is 4.79. The van der Waals surface area contributed by atoms with Gasteiger partial charge in [0.15, 0.2) is 0 Å². The normalized spacial score (nSPS) is 32.3. The second-order valence-electron chi connectivity index (χ2n) is 6.11. The Kier molecular flexibility index (Phi) is 5.93. The van der Waals surface area contributed by atoms with Gasteiger partial charge in [0.05, 0.1) is 6.10 Å². The van der Waals surface area contributed by atoms with Crippen LogP contribution >= 0.6 is 0 Å². The molecule has 0 aromatic heterocycles. The fourth-order valence-electron chi connectivity index (χ4n) is 3.42. The Morgan fingerprint density at radius 2 is 1.61 bits per heavy atom. The first-order valence-electron chi connectivity index (χ1n) is 7.92. The summed E-state index contributed by atoms with van der Waals surface area (Å²) >= 11 is 0. The van der Waals surface area contributed by atoms with Gasteiger partial charge < -0.3 is 14.9 Å². The van der Waals surface area contributed by atoms with Crippen LogP contribution in [0.25, 0.3) is 0 Å². The van der Waals surface area contributed by atoms with Crippen LogP contribution in [0.15, 0.2) is 0 Å². The molecule has 1 saturated heterocycles. The Labute approximate surface area is 112 Å². The van der Waals surface area contributed by atoms with Crippen molar-refractivity contribution in [1.82, 2.24) is 9.80 Å². The van der Waals surface area contributed by atoms with E-state index in [0.29, 0.717) is 5.92 Å². The van der Waals surface area contributed by atoms with Gasteiger partial charge in [-0.15, -0.1) is 0 Å². The third-order valence-corrected chi connectivity index (χ3v) is 4.62. The molecular weight excluding hydrogens is 224 g/mol. The molecule has 2 aliphatic rings. The highest BCUT2D eigenvalue weighted by Crippen LogP contribution is 2.24. The first-order chi connectivity index (χ1) is 8.79. The average molecular weight is 254 g/mol. The second kappa shape index (κ2) is 7.46. The maximum Gasteiger partial charge on any atom is 0.0580 e. The van der Waals surface area contributed by atoms with Gasteiger partial charge in [-0.25, -0.2) is 0 Å². The summed E-state index contributed by atoms with van der Waals surface area (Å²) in [5.74, 6) is 0.533. The Balaban J connectivity index is 1.73. The van der Waals surface area contributed by atoms with E-state index in [4.69, 9.17) is 0 Å². The van der Waals surface area contributed by atoms with Gasteiger partial charge in [0, 0.05) is 32.7 Å². The van der Waals surface area contributed by atoms with Crippen LogP contribution in [-0.2, 0) is 0 Å². The Bertz CT molecular complexity index is 227. The molecule has 1 aliphatic carbocycles. The van der Waals surface area contributed by atoms with Crippen LogP contribution in [0.4, 0.5) is 0 Å². The Morgan fingerprint density at radius 1 is 0.944 bits per heavy atom. The summed E-state index contributed by atoms with van der Waals surface area (Å²) in [7, 11) is 0. The molecule has 0 bridgehead atoms. The highest BCUT2D eigenvalue weighted by Gasteiger charge is 2.25. The molecule has 2 unspecified atom stereocenters. The van der Waals surface area contributed by atoms with E-state index in [1.165, 1.54) is 64.8 Å². The lowest BCUT2D eigenvalue weighted by Gasteiger charge is -2.37. The molecule has 1 saturated carbocycles. The summed E-state index contributed by atoms with van der Waals surface area (Å²) in [5.41, 5.74) is 0. The fourth-order valence-corrected chi connectivity index (χ4v) is 3.42. The zero-order valence-electron chi connectivity index (χ0n) is 12.0. The predicted octanol–water partition coefficient (Wildman–Crippen LogP) is 1.96. The molecule has 3 heteroatoms. The second-order valence-corrected chi connectivity index (χ2v) is 6.11. The van der Waals surface area contributed by atoms with Gasteiger partial charge in [0.1, 0.15) is 0 Å². The molecule has 0 aromatic carbocycles. The summed E-state index contributed by atoms with van der Waals surface area (Å²) in [6, 6.07) is 0. The van der Waals surface area contributed by atoms with Crippen molar-refractivity contribution in [2.24, 2.45) is 5.92 Å². The summed E-state index contributed by atoms with van der Waals surface area (Å²) in [5, 5.41) is 10.2. The standard InChI is InChI=1S/C15H30N2O/c1-2-8-16-9-11-17(12-10-16)13-14-6-4-3-5-7-15(14)18/h14-15,18H,2-13H2,1H3. The summed E-state index contributed by atoms with van der Waals surface area (Å²) in [6.45, 7) is 9.47. The number of aliphatic hydroxyl groups is 1. The van der Waals surface area contributed by atoms with Crippen molar-refractivity contribution < 1.29 is 5.11 Å². The largest absolute Gasteiger partial charge is 0.393 e. The molecule has 1 heterocycles. The van der Waals surface area contributed by atoms with Crippen molar-refractivity contribution in [2.75, 3.05) is 39.3 Å². The van der Waals surface area contributed by atoms with Gasteiger partial charge in [0.2, 0.25) is 0 Å². The van der Waals surface area contributed by atoms with Crippen LogP contribution in [-0.4, -0.2) is 60.3 Å². The van der Waals surface area contributed by atoms with E-state index in [-0.39, 0.29) is 6.10 Å². The number of hydrogen-bond acceptors (Lipinski definition) is 3. The summed E-state index contributed by atoms with van der Waals surface area (Å²) in [4.78, 5) is 5.14. The number of nitrogens with zero attached hydrogens (tertiary/aromatic N) is 2. The maximum atomic E-state index is 10.2. The van der Waals surface area contributed by atoms with Gasteiger partial charge in [-0.3, -0.25) is 0 Å². The van der Waals surface area contributed by atoms with Crippen LogP contribution in [0.3, 0.4) is 0 Å². The van der Waals surface area contributed by atoms with Crippen molar-refractivity contribution in [1.29, 1.82) is 0 Å². The van der Waals surface area contributed by atoms with Crippen molar-refractivity contribution in [3.05, 3.63) is 0 Å². The van der Waals surface area contributed by atoms with E-state index in [0.717, 1.165) is 13.0 Å². The number of rotatable bonds is 4. The molecule has 1 N–H and O–H groups in total. The minimum absolute atomic E-state index is 0.0406. The predicted molar refractivity (Wildman–Crippen MR) is 75.8 cm³/mol. The van der Waals surface area contributed by atoms with E-state index < -0.39 is 0 Å². The van der Waals surface area contributed by atoms with Crippen molar-refractivity contribution in [2.45, 2.75) is 51.6 Å². The summed E-state index contributed by atoms with van der Waals surface area (Å²) < 4.78 is 0. The molecule has 2 rings (SSSR count). The number of aliphatic hydroxyl groups excluding tert-OH is 1. The molecule has 0 radical (unpaired) electrons. The molecule has 2 atom stereocenters. The molecule has 106 valence electrons. The topological polar surface area (TPSA) is 26.7 Å². The van der Waals surface area contributed by atoms with Gasteiger partial charge in [-0.2, -0.15) is 0 Å². The van der Waals surface area contributed by atoms with Gasteiger partial charge >= 0.3 is 0 Å². The van der Waals surface area contributed by atoms with Gasteiger partial charge in [-0.05, 0) is 31.7 Å². The van der Waals surface area contributed by atoms with Gasteiger partial charge in [0.25, 0.3) is 0 Å². The van der Waals surface area contributed by atoms with Crippen molar-refractivity contribution in [3.8, 4) is 0 Å². The van der Waals surface area contributed by atoms with Gasteiger partial charge in [-0.1, -0.05) is 26.2 Å². The molecule has 18 heavy (non-hydrogen) atoms. The maximum absolute atomic E-state index is 10.2. The van der Waals surface area contributed by atoms with Crippen LogP contribution in [0.1, 0.15) is 45.4 Å². The Hall–Kier alpha value is -0.120. The number of piperazine rings is 1. The smallest absolute Gasteiger partial charge is 0.0580 e. The summed E-state index contributed by atoms with van der Waals surface area (Å²) in [6.07, 6.45) is 7.34. The molecule has 3 nitrogen and oxygen atoms in total. The zero-order valence-corrected chi connectivity index (χ0v) is 12.0. The third-order valence-electron chi connectivity index (χ3n) is 4.62. The van der Waals surface area contributed by atoms with E-state index >= 15 is 0 Å². The number of hydrogen-bond donors (Lipinski definition) is 1. The molecule has 2 fully saturated rings. The first kappa shape index (κ1) is 14.3.